The molecule has 2 fully saturated rings. The number of ether oxygens (including phenoxy) is 1. The summed E-state index contributed by atoms with van der Waals surface area (Å²) in [7, 11) is 1.86. The molecule has 0 radical (unpaired) electrons. The summed E-state index contributed by atoms with van der Waals surface area (Å²) in [5.41, 5.74) is 0.835. The normalized spacial score (nSPS) is 20.9. The van der Waals surface area contributed by atoms with E-state index in [4.69, 9.17) is 4.74 Å². The molecule has 1 saturated heterocycles. The summed E-state index contributed by atoms with van der Waals surface area (Å²) in [5.74, 6) is 0.999. The lowest BCUT2D eigenvalue weighted by atomic mass is 9.74. The van der Waals surface area contributed by atoms with E-state index < -0.39 is 0 Å². The molecule has 2 bridgehead atoms. The molecule has 1 aromatic carbocycles. The van der Waals surface area contributed by atoms with E-state index in [9.17, 15) is 14.4 Å². The summed E-state index contributed by atoms with van der Waals surface area (Å²) in [5, 5.41) is 0. The van der Waals surface area contributed by atoms with Crippen LogP contribution < -0.4 is 4.74 Å². The third kappa shape index (κ3) is 6.14. The SMILES string of the molecule is CN1CC2(CCCN(C(=O)c3cnccn3)CCCOc3cccc(c3)C1=O)CCN(C(=O)C1CC1)CC2. The van der Waals surface area contributed by atoms with Crippen molar-refractivity contribution in [2.75, 3.05) is 46.4 Å². The molecule has 2 aliphatic heterocycles. The molecule has 5 rings (SSSR count). The molecule has 3 aliphatic rings. The highest BCUT2D eigenvalue weighted by molar-refractivity contribution is 5.94. The minimum Gasteiger partial charge on any atom is -0.494 e. The fraction of sp³-hybridized carbons (Fsp3) is 0.552. The maximum absolute atomic E-state index is 13.4. The lowest BCUT2D eigenvalue weighted by Gasteiger charge is -2.44. The second-order valence-electron chi connectivity index (χ2n) is 11.0. The fourth-order valence-corrected chi connectivity index (χ4v) is 5.77. The molecule has 0 unspecified atom stereocenters. The first kappa shape index (κ1) is 26.1. The summed E-state index contributed by atoms with van der Waals surface area (Å²) >= 11 is 0. The van der Waals surface area contributed by atoms with Crippen LogP contribution in [0.2, 0.25) is 0 Å². The highest BCUT2D eigenvalue weighted by atomic mass is 16.5. The van der Waals surface area contributed by atoms with Gasteiger partial charge in [0.1, 0.15) is 11.4 Å². The van der Waals surface area contributed by atoms with E-state index in [0.717, 1.165) is 51.6 Å². The summed E-state index contributed by atoms with van der Waals surface area (Å²) in [6, 6.07) is 7.32. The van der Waals surface area contributed by atoms with Gasteiger partial charge in [0.15, 0.2) is 0 Å². The molecule has 1 spiro atoms. The van der Waals surface area contributed by atoms with Crippen molar-refractivity contribution in [2.24, 2.45) is 11.3 Å². The van der Waals surface area contributed by atoms with Crippen molar-refractivity contribution >= 4 is 17.7 Å². The number of hydrogen-bond acceptors (Lipinski definition) is 6. The van der Waals surface area contributed by atoms with Gasteiger partial charge in [0.2, 0.25) is 5.91 Å². The molecule has 1 aromatic heterocycles. The number of likely N-dealkylation sites (tertiary alicyclic amines) is 1. The highest BCUT2D eigenvalue weighted by Gasteiger charge is 2.41. The number of amides is 3. The Morgan fingerprint density at radius 2 is 1.79 bits per heavy atom. The van der Waals surface area contributed by atoms with E-state index in [0.29, 0.717) is 55.6 Å². The zero-order chi connectivity index (χ0) is 26.5. The predicted octanol–water partition coefficient (Wildman–Crippen LogP) is 3.27. The molecule has 9 heteroatoms. The highest BCUT2D eigenvalue weighted by Crippen LogP contribution is 2.40. The quantitative estimate of drug-likeness (QED) is 0.604. The maximum atomic E-state index is 13.4. The van der Waals surface area contributed by atoms with Crippen LogP contribution in [0.3, 0.4) is 0 Å². The van der Waals surface area contributed by atoms with Gasteiger partial charge in [0.25, 0.3) is 11.8 Å². The molecule has 1 saturated carbocycles. The number of nitrogens with zero attached hydrogens (tertiary/aromatic N) is 5. The van der Waals surface area contributed by atoms with Crippen LogP contribution in [0.5, 0.6) is 5.75 Å². The van der Waals surface area contributed by atoms with E-state index in [-0.39, 0.29) is 23.1 Å². The molecule has 9 nitrogen and oxygen atoms in total. The van der Waals surface area contributed by atoms with Crippen molar-refractivity contribution in [2.45, 2.75) is 44.9 Å². The van der Waals surface area contributed by atoms with E-state index in [2.05, 4.69) is 9.97 Å². The molecular weight excluding hydrogens is 482 g/mol. The molecule has 0 N–H and O–H groups in total. The Kier molecular flexibility index (Phi) is 7.90. The van der Waals surface area contributed by atoms with Crippen molar-refractivity contribution < 1.29 is 19.1 Å². The molecule has 38 heavy (non-hydrogen) atoms. The first-order valence-electron chi connectivity index (χ1n) is 13.8. The second kappa shape index (κ2) is 11.5. The van der Waals surface area contributed by atoms with Gasteiger partial charge in [0, 0.05) is 63.6 Å². The minimum absolute atomic E-state index is 0.0272. The molecule has 2 aromatic rings. The fourth-order valence-electron chi connectivity index (χ4n) is 5.77. The van der Waals surface area contributed by atoms with Crippen LogP contribution in [-0.4, -0.2) is 88.8 Å². The van der Waals surface area contributed by atoms with E-state index in [1.165, 1.54) is 12.4 Å². The molecule has 1 aliphatic carbocycles. The van der Waals surface area contributed by atoms with Crippen LogP contribution in [0.1, 0.15) is 65.8 Å². The summed E-state index contributed by atoms with van der Waals surface area (Å²) in [6.45, 7) is 3.64. The van der Waals surface area contributed by atoms with E-state index in [1.807, 2.05) is 39.9 Å². The van der Waals surface area contributed by atoms with Crippen molar-refractivity contribution in [1.82, 2.24) is 24.7 Å². The standard InChI is InChI=1S/C29H37N5O4/c1-32-21-29(10-16-34(17-11-29)27(36)22-7-8-22)9-3-14-33(28(37)25-20-30-12-13-31-25)15-4-18-38-24-6-2-5-23(19-24)26(32)35/h2,5-6,12-13,19-20,22H,3-4,7-11,14-18,21H2,1H3. The number of benzene rings is 1. The van der Waals surface area contributed by atoms with Crippen LogP contribution >= 0.6 is 0 Å². The average molecular weight is 520 g/mol. The molecule has 0 atom stereocenters. The van der Waals surface area contributed by atoms with Gasteiger partial charge in [0.05, 0.1) is 12.8 Å². The van der Waals surface area contributed by atoms with Crippen LogP contribution in [0, 0.1) is 11.3 Å². The predicted molar refractivity (Wildman–Crippen MR) is 142 cm³/mol. The van der Waals surface area contributed by atoms with Crippen LogP contribution in [0.25, 0.3) is 0 Å². The zero-order valence-corrected chi connectivity index (χ0v) is 22.2. The minimum atomic E-state index is -0.129. The Morgan fingerprint density at radius 3 is 2.53 bits per heavy atom. The topological polar surface area (TPSA) is 95.9 Å². The van der Waals surface area contributed by atoms with Crippen molar-refractivity contribution in [1.29, 1.82) is 0 Å². The number of carbonyl (C=O) groups is 3. The number of aromatic nitrogens is 2. The van der Waals surface area contributed by atoms with Gasteiger partial charge < -0.3 is 19.4 Å². The number of hydrogen-bond donors (Lipinski definition) is 0. The largest absolute Gasteiger partial charge is 0.494 e. The van der Waals surface area contributed by atoms with Crippen molar-refractivity contribution in [3.05, 3.63) is 54.1 Å². The second-order valence-corrected chi connectivity index (χ2v) is 11.0. The number of rotatable bonds is 2. The molecule has 202 valence electrons. The van der Waals surface area contributed by atoms with Gasteiger partial charge >= 0.3 is 0 Å². The van der Waals surface area contributed by atoms with Gasteiger partial charge in [-0.1, -0.05) is 6.07 Å². The smallest absolute Gasteiger partial charge is 0.274 e. The van der Waals surface area contributed by atoms with Gasteiger partial charge in [-0.05, 0) is 68.6 Å². The Bertz CT molecular complexity index is 1140. The number of carbonyl (C=O) groups excluding carboxylic acids is 3. The lowest BCUT2D eigenvalue weighted by Crippen LogP contribution is -2.49. The average Bonchev–Trinajstić information content (AvgIpc) is 3.79. The summed E-state index contributed by atoms with van der Waals surface area (Å²) < 4.78 is 5.93. The van der Waals surface area contributed by atoms with Gasteiger partial charge in [-0.2, -0.15) is 0 Å². The summed E-state index contributed by atoms with van der Waals surface area (Å²) in [6.07, 6.45) is 10.7. The Hall–Kier alpha value is -3.49. The van der Waals surface area contributed by atoms with Crippen molar-refractivity contribution in [3.8, 4) is 5.75 Å². The molecular formula is C29H37N5O4. The third-order valence-electron chi connectivity index (χ3n) is 8.11. The first-order chi connectivity index (χ1) is 18.4. The van der Waals surface area contributed by atoms with Gasteiger partial charge in [-0.25, -0.2) is 4.98 Å². The van der Waals surface area contributed by atoms with Gasteiger partial charge in [-0.15, -0.1) is 0 Å². The first-order valence-corrected chi connectivity index (χ1v) is 13.8. The molecule has 3 amide bonds. The van der Waals surface area contributed by atoms with E-state index in [1.54, 1.807) is 12.3 Å². The van der Waals surface area contributed by atoms with Crippen LogP contribution in [0.4, 0.5) is 0 Å². The Balaban J connectivity index is 1.36. The Morgan fingerprint density at radius 1 is 1.00 bits per heavy atom. The lowest BCUT2D eigenvalue weighted by molar-refractivity contribution is -0.135. The monoisotopic (exact) mass is 519 g/mol. The number of fused-ring (bicyclic) bond motifs is 2. The van der Waals surface area contributed by atoms with Crippen LogP contribution in [-0.2, 0) is 4.79 Å². The Labute approximate surface area is 224 Å². The van der Waals surface area contributed by atoms with Crippen LogP contribution in [0.15, 0.2) is 42.9 Å². The van der Waals surface area contributed by atoms with Crippen molar-refractivity contribution in [3.63, 3.8) is 0 Å². The van der Waals surface area contributed by atoms with Gasteiger partial charge in [-0.3, -0.25) is 19.4 Å². The molecule has 3 heterocycles. The number of piperidine rings is 1. The van der Waals surface area contributed by atoms with E-state index >= 15 is 0 Å². The summed E-state index contributed by atoms with van der Waals surface area (Å²) in [4.78, 5) is 53.3. The zero-order valence-electron chi connectivity index (χ0n) is 22.2. The third-order valence-corrected chi connectivity index (χ3v) is 8.11. The maximum Gasteiger partial charge on any atom is 0.274 e.